The largest absolute Gasteiger partial charge is 1.00 e. The average molecular weight is 611 g/mol. The zero-order valence-electron chi connectivity index (χ0n) is 23.6. The van der Waals surface area contributed by atoms with E-state index < -0.39 is 20.2 Å². The molecule has 8 nitrogen and oxygen atoms in total. The normalized spacial score (nSPS) is 10.4. The molecule has 0 unspecified atom stereocenters. The second-order valence-corrected chi connectivity index (χ2v) is 11.0. The van der Waals surface area contributed by atoms with Crippen LogP contribution in [0.4, 0.5) is 0 Å². The van der Waals surface area contributed by atoms with Gasteiger partial charge in [-0.3, -0.25) is 0 Å². The van der Waals surface area contributed by atoms with Gasteiger partial charge in [0.15, 0.2) is 5.75 Å². The van der Waals surface area contributed by atoms with E-state index in [0.717, 1.165) is 12.2 Å². The van der Waals surface area contributed by atoms with Crippen molar-refractivity contribution in [2.24, 2.45) is 0 Å². The van der Waals surface area contributed by atoms with Gasteiger partial charge in [-0.15, -0.1) is 0 Å². The van der Waals surface area contributed by atoms with Gasteiger partial charge in [0.05, 0.1) is 16.4 Å². The third-order valence-electron chi connectivity index (χ3n) is 5.04. The van der Waals surface area contributed by atoms with Crippen LogP contribution in [-0.4, -0.2) is 32.5 Å². The molecule has 3 aromatic rings. The van der Waals surface area contributed by atoms with E-state index in [4.69, 9.17) is 9.78 Å². The molecule has 0 fully saturated rings. The molecule has 0 atom stereocenters. The average Bonchev–Trinajstić information content (AvgIpc) is 2.91. The van der Waals surface area contributed by atoms with E-state index in [1.165, 1.54) is 93.5 Å². The molecule has 0 heterocycles. The fraction of sp³-hybridized carbons (Fsp3) is 0.357. The number of benzene rings is 3. The van der Waals surface area contributed by atoms with Gasteiger partial charge in [-0.2, -0.15) is 4.89 Å². The minimum atomic E-state index is -4.25. The predicted molar refractivity (Wildman–Crippen MR) is 144 cm³/mol. The maximum absolute atomic E-state index is 10.3. The molecular weight excluding hydrogens is 574 g/mol. The Morgan fingerprint density at radius 1 is 0.550 bits per heavy atom. The molecule has 0 aliphatic rings. The van der Waals surface area contributed by atoms with Gasteiger partial charge in [0.1, 0.15) is 20.2 Å². The molecule has 0 saturated carbocycles. The molecule has 3 aromatic carbocycles. The molecule has 12 heteroatoms. The predicted octanol–water partition coefficient (Wildman–Crippen LogP) is 0.327. The van der Waals surface area contributed by atoms with Crippen molar-refractivity contribution in [3.05, 3.63) is 91.0 Å². The van der Waals surface area contributed by atoms with E-state index >= 15 is 0 Å². The number of para-hydroxylation sites is 1. The Kier molecular flexibility index (Phi) is 25.7. The van der Waals surface area contributed by atoms with Crippen LogP contribution in [0.5, 0.6) is 5.75 Å². The molecule has 0 saturated heterocycles. The summed E-state index contributed by atoms with van der Waals surface area (Å²) in [5.41, 5.74) is 0. The monoisotopic (exact) mass is 610 g/mol. The van der Waals surface area contributed by atoms with Crippen LogP contribution in [0.3, 0.4) is 0 Å². The van der Waals surface area contributed by atoms with Crippen LogP contribution >= 0.6 is 0 Å². The molecule has 0 N–H and O–H groups in total. The summed E-state index contributed by atoms with van der Waals surface area (Å²) in [5, 5.41) is 0. The number of rotatable bonds is 13. The van der Waals surface area contributed by atoms with E-state index in [2.05, 4.69) is 6.92 Å². The SMILES string of the molecule is CCCCCCCCCCOOc1ccccc1.O=S(=O)([O-])c1ccccc1.O=S(=O)([O-])c1ccccc1.[Na+].[Na+]. The van der Waals surface area contributed by atoms with Crippen LogP contribution in [0.2, 0.25) is 0 Å². The van der Waals surface area contributed by atoms with Gasteiger partial charge < -0.3 is 14.0 Å². The summed E-state index contributed by atoms with van der Waals surface area (Å²) in [6.07, 6.45) is 10.5. The quantitative estimate of drug-likeness (QED) is 0.0889. The Morgan fingerprint density at radius 2 is 0.900 bits per heavy atom. The maximum atomic E-state index is 10.3. The maximum Gasteiger partial charge on any atom is 1.00 e. The van der Waals surface area contributed by atoms with Gasteiger partial charge in [0.2, 0.25) is 0 Å². The van der Waals surface area contributed by atoms with Crippen molar-refractivity contribution in [1.29, 1.82) is 0 Å². The van der Waals surface area contributed by atoms with Crippen LogP contribution in [0.1, 0.15) is 58.3 Å². The Balaban J connectivity index is 0. The van der Waals surface area contributed by atoms with E-state index in [1.54, 1.807) is 12.1 Å². The van der Waals surface area contributed by atoms with Crippen LogP contribution < -0.4 is 64.0 Å². The van der Waals surface area contributed by atoms with Crippen molar-refractivity contribution < 1.29 is 94.8 Å². The van der Waals surface area contributed by atoms with Gasteiger partial charge in [-0.1, -0.05) is 106 Å². The summed E-state index contributed by atoms with van der Waals surface area (Å²) < 4.78 is 61.7. The minimum Gasteiger partial charge on any atom is -0.744 e. The second-order valence-electron chi connectivity index (χ2n) is 8.23. The Bertz CT molecular complexity index is 1130. The minimum absolute atomic E-state index is 0. The summed E-state index contributed by atoms with van der Waals surface area (Å²) in [6.45, 7) is 2.94. The molecular formula is C28H36Na2O8S2. The Morgan fingerprint density at radius 3 is 1.25 bits per heavy atom. The van der Waals surface area contributed by atoms with Gasteiger partial charge in [-0.05, 0) is 42.8 Å². The zero-order valence-corrected chi connectivity index (χ0v) is 29.2. The number of unbranched alkanes of at least 4 members (excludes halogenated alkanes) is 7. The van der Waals surface area contributed by atoms with Crippen molar-refractivity contribution in [2.75, 3.05) is 6.61 Å². The van der Waals surface area contributed by atoms with Crippen LogP contribution in [-0.2, 0) is 25.1 Å². The van der Waals surface area contributed by atoms with E-state index in [-0.39, 0.29) is 68.9 Å². The molecule has 40 heavy (non-hydrogen) atoms. The summed E-state index contributed by atoms with van der Waals surface area (Å²) >= 11 is 0. The number of hydrogen-bond acceptors (Lipinski definition) is 8. The standard InChI is InChI=1S/C16H26O2.2C6H6O3S.2Na/c1-2-3-4-5-6-7-8-12-15-17-18-16-13-10-9-11-14-16;2*7-10(8,9)6-4-2-1-3-5-6;;/h9-11,13-14H,2-8,12,15H2,1H3;2*1-5H,(H,7,8,9);;/q;;;2*+1/p-2. The van der Waals surface area contributed by atoms with Crippen molar-refractivity contribution in [2.45, 2.75) is 68.1 Å². The van der Waals surface area contributed by atoms with Gasteiger partial charge in [0, 0.05) is 0 Å². The topological polar surface area (TPSA) is 133 Å². The fourth-order valence-electron chi connectivity index (χ4n) is 3.05. The van der Waals surface area contributed by atoms with Crippen molar-refractivity contribution in [1.82, 2.24) is 0 Å². The third kappa shape index (κ3) is 21.9. The zero-order chi connectivity index (χ0) is 28.1. The second kappa shape index (κ2) is 24.8. The molecule has 210 valence electrons. The molecule has 0 aliphatic heterocycles. The summed E-state index contributed by atoms with van der Waals surface area (Å²) in [4.78, 5) is 9.96. The van der Waals surface area contributed by atoms with E-state index in [1.807, 2.05) is 30.3 Å². The van der Waals surface area contributed by atoms with Crippen molar-refractivity contribution >= 4 is 20.2 Å². The first kappa shape index (κ1) is 41.4. The van der Waals surface area contributed by atoms with Crippen LogP contribution in [0.25, 0.3) is 0 Å². The van der Waals surface area contributed by atoms with E-state index in [9.17, 15) is 25.9 Å². The molecule has 0 amide bonds. The van der Waals surface area contributed by atoms with Gasteiger partial charge in [0.25, 0.3) is 0 Å². The fourth-order valence-corrected chi connectivity index (χ4v) is 4.04. The first-order valence-corrected chi connectivity index (χ1v) is 15.3. The molecule has 0 bridgehead atoms. The first-order chi connectivity index (χ1) is 18.1. The summed E-state index contributed by atoms with van der Waals surface area (Å²) in [6, 6.07) is 24.0. The van der Waals surface area contributed by atoms with Crippen molar-refractivity contribution in [3.63, 3.8) is 0 Å². The first-order valence-electron chi connectivity index (χ1n) is 12.5. The Hall–Kier alpha value is -0.760. The van der Waals surface area contributed by atoms with Crippen LogP contribution in [0.15, 0.2) is 101 Å². The molecule has 0 aromatic heterocycles. The van der Waals surface area contributed by atoms with Gasteiger partial charge >= 0.3 is 59.1 Å². The summed E-state index contributed by atoms with van der Waals surface area (Å²) in [5.74, 6) is 0.775. The molecule has 3 rings (SSSR count). The van der Waals surface area contributed by atoms with Crippen molar-refractivity contribution in [3.8, 4) is 5.75 Å². The molecule has 0 aliphatic carbocycles. The van der Waals surface area contributed by atoms with Crippen LogP contribution in [0, 0.1) is 0 Å². The summed E-state index contributed by atoms with van der Waals surface area (Å²) in [7, 11) is -8.51. The molecule has 0 spiro atoms. The van der Waals surface area contributed by atoms with E-state index in [0.29, 0.717) is 6.61 Å². The smallest absolute Gasteiger partial charge is 0.744 e. The molecule has 0 radical (unpaired) electrons. The Labute approximate surface area is 283 Å². The number of hydrogen-bond donors (Lipinski definition) is 0. The van der Waals surface area contributed by atoms with Gasteiger partial charge in [-0.25, -0.2) is 16.8 Å². The third-order valence-corrected chi connectivity index (χ3v) is 6.74.